The second-order valence-corrected chi connectivity index (χ2v) is 2.87. The number of aromatic nitrogens is 1. The Labute approximate surface area is 78.5 Å². The van der Waals surface area contributed by atoms with Gasteiger partial charge < -0.3 is 0 Å². The third-order valence-electron chi connectivity index (χ3n) is 1.59. The summed E-state index contributed by atoms with van der Waals surface area (Å²) in [6.07, 6.45) is -2.43. The molecule has 0 radical (unpaired) electrons. The topological polar surface area (TPSA) is 30.0 Å². The van der Waals surface area contributed by atoms with Crippen LogP contribution in [0.15, 0.2) is 6.07 Å². The molecule has 13 heavy (non-hydrogen) atoms. The van der Waals surface area contributed by atoms with Gasteiger partial charge in [-0.15, -0.1) is 0 Å². The van der Waals surface area contributed by atoms with Gasteiger partial charge in [0.25, 0.3) is 6.43 Å². The summed E-state index contributed by atoms with van der Waals surface area (Å²) in [6.45, 7) is 1.46. The van der Waals surface area contributed by atoms with Crippen LogP contribution in [-0.2, 0) is 0 Å². The number of rotatable bonds is 2. The summed E-state index contributed by atoms with van der Waals surface area (Å²) < 4.78 is 24.7. The molecule has 0 aliphatic rings. The van der Waals surface area contributed by atoms with Crippen molar-refractivity contribution in [3.8, 4) is 0 Å². The molecule has 5 heteroatoms. The van der Waals surface area contributed by atoms with Crippen LogP contribution in [0.2, 0.25) is 5.15 Å². The number of alkyl halides is 2. The van der Waals surface area contributed by atoms with Gasteiger partial charge in [-0.2, -0.15) is 0 Å². The van der Waals surface area contributed by atoms with Crippen LogP contribution < -0.4 is 0 Å². The molecule has 1 aromatic heterocycles. The molecule has 0 atom stereocenters. The Bertz CT molecular complexity index is 341. The fourth-order valence-corrected chi connectivity index (χ4v) is 1.29. The average molecular weight is 206 g/mol. The van der Waals surface area contributed by atoms with Gasteiger partial charge in [0.15, 0.2) is 6.29 Å². The van der Waals surface area contributed by atoms with Crippen LogP contribution in [0.25, 0.3) is 0 Å². The number of aldehydes is 1. The predicted molar refractivity (Wildman–Crippen MR) is 44.3 cm³/mol. The molecule has 1 rings (SSSR count). The molecular formula is C8H6ClF2NO. The molecule has 0 N–H and O–H groups in total. The van der Waals surface area contributed by atoms with E-state index in [0.29, 0.717) is 0 Å². The molecule has 0 unspecified atom stereocenters. The monoisotopic (exact) mass is 205 g/mol. The maximum atomic E-state index is 12.4. The number of nitrogens with zero attached hydrogens (tertiary/aromatic N) is 1. The molecule has 70 valence electrons. The molecule has 0 aliphatic carbocycles. The van der Waals surface area contributed by atoms with E-state index in [-0.39, 0.29) is 28.3 Å². The van der Waals surface area contributed by atoms with E-state index in [1.54, 1.807) is 0 Å². The Morgan fingerprint density at radius 2 is 2.23 bits per heavy atom. The lowest BCUT2D eigenvalue weighted by Crippen LogP contribution is -2.00. The molecular weight excluding hydrogens is 200 g/mol. The number of carbonyl (C=O) groups is 1. The molecule has 0 saturated heterocycles. The van der Waals surface area contributed by atoms with Gasteiger partial charge >= 0.3 is 0 Å². The van der Waals surface area contributed by atoms with Crippen LogP contribution in [0.4, 0.5) is 8.78 Å². The Balaban J connectivity index is 3.38. The minimum absolute atomic E-state index is 0.0454. The van der Waals surface area contributed by atoms with E-state index in [1.807, 2.05) is 0 Å². The van der Waals surface area contributed by atoms with Gasteiger partial charge in [-0.25, -0.2) is 13.8 Å². The molecule has 0 aliphatic heterocycles. The molecule has 0 saturated carbocycles. The smallest absolute Gasteiger partial charge is 0.266 e. The molecule has 0 bridgehead atoms. The standard InChI is InChI=1S/C8H6ClF2NO/c1-4-2-6(9)12-5(3-13)7(4)8(10)11/h2-3,8H,1H3. The Hall–Kier alpha value is -1.03. The average Bonchev–Trinajstić information content (AvgIpc) is 2.01. The van der Waals surface area contributed by atoms with Crippen molar-refractivity contribution in [2.45, 2.75) is 13.3 Å². The largest absolute Gasteiger partial charge is 0.296 e. The Morgan fingerprint density at radius 1 is 1.62 bits per heavy atom. The van der Waals surface area contributed by atoms with E-state index in [0.717, 1.165) is 0 Å². The summed E-state index contributed by atoms with van der Waals surface area (Å²) in [5.41, 5.74) is -0.364. The van der Waals surface area contributed by atoms with Gasteiger partial charge in [0.05, 0.1) is 0 Å². The number of halogens is 3. The molecule has 1 heterocycles. The molecule has 0 aromatic carbocycles. The van der Waals surface area contributed by atoms with Gasteiger partial charge in [0.1, 0.15) is 10.8 Å². The van der Waals surface area contributed by atoms with Crippen molar-refractivity contribution in [2.75, 3.05) is 0 Å². The van der Waals surface area contributed by atoms with Crippen molar-refractivity contribution < 1.29 is 13.6 Å². The quantitative estimate of drug-likeness (QED) is 0.549. The van der Waals surface area contributed by atoms with Crippen LogP contribution >= 0.6 is 11.6 Å². The fourth-order valence-electron chi connectivity index (χ4n) is 1.04. The first kappa shape index (κ1) is 10.1. The number of aryl methyl sites for hydroxylation is 1. The number of pyridine rings is 1. The maximum absolute atomic E-state index is 12.4. The van der Waals surface area contributed by atoms with Crippen molar-refractivity contribution in [1.82, 2.24) is 4.98 Å². The lowest BCUT2D eigenvalue weighted by molar-refractivity contribution is 0.110. The Morgan fingerprint density at radius 3 is 2.69 bits per heavy atom. The van der Waals surface area contributed by atoms with Crippen LogP contribution in [-0.4, -0.2) is 11.3 Å². The van der Waals surface area contributed by atoms with Crippen LogP contribution in [0.5, 0.6) is 0 Å². The second kappa shape index (κ2) is 3.79. The normalized spacial score (nSPS) is 10.5. The van der Waals surface area contributed by atoms with Gasteiger partial charge in [-0.05, 0) is 18.6 Å². The number of hydrogen-bond donors (Lipinski definition) is 0. The van der Waals surface area contributed by atoms with Crippen molar-refractivity contribution >= 4 is 17.9 Å². The lowest BCUT2D eigenvalue weighted by atomic mass is 10.1. The first-order valence-corrected chi connectivity index (χ1v) is 3.84. The van der Waals surface area contributed by atoms with Gasteiger partial charge in [0, 0.05) is 5.56 Å². The van der Waals surface area contributed by atoms with E-state index in [1.165, 1.54) is 13.0 Å². The minimum Gasteiger partial charge on any atom is -0.296 e. The molecule has 0 spiro atoms. The zero-order valence-corrected chi connectivity index (χ0v) is 7.48. The van der Waals surface area contributed by atoms with Gasteiger partial charge in [-0.1, -0.05) is 11.6 Å². The van der Waals surface area contributed by atoms with Gasteiger partial charge in [0.2, 0.25) is 0 Å². The SMILES string of the molecule is Cc1cc(Cl)nc(C=O)c1C(F)F. The van der Waals surface area contributed by atoms with Crippen LogP contribution in [0.3, 0.4) is 0 Å². The molecule has 1 aromatic rings. The summed E-state index contributed by atoms with van der Waals surface area (Å²) >= 11 is 5.49. The number of hydrogen-bond acceptors (Lipinski definition) is 2. The predicted octanol–water partition coefficient (Wildman–Crippen LogP) is 2.79. The first-order chi connectivity index (χ1) is 6.06. The van der Waals surface area contributed by atoms with Crippen molar-refractivity contribution in [2.24, 2.45) is 0 Å². The van der Waals surface area contributed by atoms with Crippen molar-refractivity contribution in [1.29, 1.82) is 0 Å². The highest BCUT2D eigenvalue weighted by atomic mass is 35.5. The summed E-state index contributed by atoms with van der Waals surface area (Å²) in [6, 6.07) is 1.30. The molecule has 0 amide bonds. The van der Waals surface area contributed by atoms with Crippen molar-refractivity contribution in [3.63, 3.8) is 0 Å². The highest BCUT2D eigenvalue weighted by Crippen LogP contribution is 2.26. The van der Waals surface area contributed by atoms with E-state index in [4.69, 9.17) is 11.6 Å². The zero-order chi connectivity index (χ0) is 10.0. The summed E-state index contributed by atoms with van der Waals surface area (Å²) in [7, 11) is 0. The fraction of sp³-hybridized carbons (Fsp3) is 0.250. The van der Waals surface area contributed by atoms with Crippen LogP contribution in [0.1, 0.15) is 28.0 Å². The second-order valence-electron chi connectivity index (χ2n) is 2.48. The van der Waals surface area contributed by atoms with E-state index >= 15 is 0 Å². The summed E-state index contributed by atoms with van der Waals surface area (Å²) in [5, 5.41) is 0.0454. The minimum atomic E-state index is -2.70. The first-order valence-electron chi connectivity index (χ1n) is 3.46. The van der Waals surface area contributed by atoms with Gasteiger partial charge in [-0.3, -0.25) is 4.79 Å². The third kappa shape index (κ3) is 2.01. The highest BCUT2D eigenvalue weighted by Gasteiger charge is 2.17. The summed E-state index contributed by atoms with van der Waals surface area (Å²) in [5.74, 6) is 0. The number of carbonyl (C=O) groups excluding carboxylic acids is 1. The lowest BCUT2D eigenvalue weighted by Gasteiger charge is -2.06. The highest BCUT2D eigenvalue weighted by molar-refractivity contribution is 6.29. The molecule has 0 fully saturated rings. The maximum Gasteiger partial charge on any atom is 0.266 e. The van der Waals surface area contributed by atoms with Crippen molar-refractivity contribution in [3.05, 3.63) is 28.0 Å². The zero-order valence-electron chi connectivity index (χ0n) is 6.72. The summed E-state index contributed by atoms with van der Waals surface area (Å²) in [4.78, 5) is 13.9. The van der Waals surface area contributed by atoms with E-state index < -0.39 is 6.43 Å². The third-order valence-corrected chi connectivity index (χ3v) is 1.79. The van der Waals surface area contributed by atoms with E-state index in [9.17, 15) is 13.6 Å². The Kier molecular flexibility index (Phi) is 2.93. The molecule has 2 nitrogen and oxygen atoms in total. The van der Waals surface area contributed by atoms with Crippen LogP contribution in [0, 0.1) is 6.92 Å². The van der Waals surface area contributed by atoms with E-state index in [2.05, 4.69) is 4.98 Å².